The SMILES string of the molecule is CC1COC(NC(=O)c2ccccc2)=N[C@@]1(C)c1cc(N)ccc1F. The van der Waals surface area contributed by atoms with Crippen LogP contribution in [0, 0.1) is 11.7 Å². The smallest absolute Gasteiger partial charge is 0.292 e. The van der Waals surface area contributed by atoms with E-state index in [0.29, 0.717) is 23.4 Å². The summed E-state index contributed by atoms with van der Waals surface area (Å²) in [6, 6.07) is 13.3. The summed E-state index contributed by atoms with van der Waals surface area (Å²) in [5.74, 6) is -0.812. The molecule has 3 N–H and O–H groups in total. The van der Waals surface area contributed by atoms with Crippen LogP contribution in [0.4, 0.5) is 10.1 Å². The Labute approximate surface area is 145 Å². The van der Waals surface area contributed by atoms with Gasteiger partial charge in [0.2, 0.25) is 0 Å². The normalized spacial score (nSPS) is 22.7. The molecule has 0 aromatic heterocycles. The molecule has 2 atom stereocenters. The molecule has 25 heavy (non-hydrogen) atoms. The van der Waals surface area contributed by atoms with E-state index in [1.165, 1.54) is 12.1 Å². The van der Waals surface area contributed by atoms with Crippen molar-refractivity contribution in [3.63, 3.8) is 0 Å². The van der Waals surface area contributed by atoms with Crippen molar-refractivity contribution < 1.29 is 13.9 Å². The summed E-state index contributed by atoms with van der Waals surface area (Å²) in [5, 5.41) is 2.65. The number of nitrogens with one attached hydrogen (secondary N) is 1. The number of hydrogen-bond donors (Lipinski definition) is 2. The van der Waals surface area contributed by atoms with Crippen LogP contribution in [0.3, 0.4) is 0 Å². The van der Waals surface area contributed by atoms with Gasteiger partial charge < -0.3 is 10.5 Å². The van der Waals surface area contributed by atoms with E-state index in [4.69, 9.17) is 10.5 Å². The highest BCUT2D eigenvalue weighted by Gasteiger charge is 2.40. The van der Waals surface area contributed by atoms with E-state index < -0.39 is 5.54 Å². The van der Waals surface area contributed by atoms with Crippen LogP contribution >= 0.6 is 0 Å². The molecule has 1 amide bonds. The molecule has 3 rings (SSSR count). The number of hydrogen-bond acceptors (Lipinski definition) is 4. The second-order valence-electron chi connectivity index (χ2n) is 6.34. The van der Waals surface area contributed by atoms with E-state index >= 15 is 0 Å². The molecule has 0 bridgehead atoms. The summed E-state index contributed by atoms with van der Waals surface area (Å²) in [6.07, 6.45) is 0. The third-order valence-electron chi connectivity index (χ3n) is 4.56. The minimum atomic E-state index is -0.892. The van der Waals surface area contributed by atoms with Gasteiger partial charge in [0.25, 0.3) is 11.9 Å². The molecule has 2 aromatic carbocycles. The number of aliphatic imine (C=N–C) groups is 1. The fourth-order valence-corrected chi connectivity index (χ4v) is 2.80. The summed E-state index contributed by atoms with van der Waals surface area (Å²) in [7, 11) is 0. The lowest BCUT2D eigenvalue weighted by atomic mass is 9.80. The lowest BCUT2D eigenvalue weighted by Gasteiger charge is -2.37. The fourth-order valence-electron chi connectivity index (χ4n) is 2.80. The lowest BCUT2D eigenvalue weighted by Crippen LogP contribution is -2.44. The highest BCUT2D eigenvalue weighted by atomic mass is 19.1. The van der Waals surface area contributed by atoms with Crippen LogP contribution < -0.4 is 11.1 Å². The van der Waals surface area contributed by atoms with E-state index in [9.17, 15) is 9.18 Å². The second kappa shape index (κ2) is 6.55. The number of amides is 1. The largest absolute Gasteiger partial charge is 0.465 e. The van der Waals surface area contributed by atoms with E-state index in [-0.39, 0.29) is 23.7 Å². The second-order valence-corrected chi connectivity index (χ2v) is 6.34. The Morgan fingerprint density at radius 1 is 1.32 bits per heavy atom. The molecule has 0 fully saturated rings. The first-order valence-electron chi connectivity index (χ1n) is 8.04. The van der Waals surface area contributed by atoms with Gasteiger partial charge in [0.05, 0.1) is 12.1 Å². The predicted octanol–water partition coefficient (Wildman–Crippen LogP) is 3.08. The molecule has 5 nitrogen and oxygen atoms in total. The van der Waals surface area contributed by atoms with Crippen molar-refractivity contribution in [3.05, 3.63) is 65.5 Å². The van der Waals surface area contributed by atoms with Crippen molar-refractivity contribution in [2.45, 2.75) is 19.4 Å². The first-order chi connectivity index (χ1) is 11.9. The fraction of sp³-hybridized carbons (Fsp3) is 0.263. The minimum Gasteiger partial charge on any atom is -0.465 e. The van der Waals surface area contributed by atoms with Crippen LogP contribution in [0.15, 0.2) is 53.5 Å². The van der Waals surface area contributed by atoms with Crippen molar-refractivity contribution >= 4 is 17.6 Å². The third-order valence-corrected chi connectivity index (χ3v) is 4.56. The number of rotatable bonds is 2. The number of halogens is 1. The number of benzene rings is 2. The number of amidine groups is 1. The predicted molar refractivity (Wildman–Crippen MR) is 94.6 cm³/mol. The number of carbonyl (C=O) groups is 1. The van der Waals surface area contributed by atoms with Crippen LogP contribution in [-0.2, 0) is 10.3 Å². The van der Waals surface area contributed by atoms with Crippen molar-refractivity contribution in [1.82, 2.24) is 5.32 Å². The molecule has 0 saturated carbocycles. The highest BCUT2D eigenvalue weighted by Crippen LogP contribution is 2.38. The zero-order chi connectivity index (χ0) is 18.0. The van der Waals surface area contributed by atoms with Crippen LogP contribution in [-0.4, -0.2) is 18.5 Å². The van der Waals surface area contributed by atoms with Crippen LogP contribution in [0.5, 0.6) is 0 Å². The van der Waals surface area contributed by atoms with Gasteiger partial charge in [0.1, 0.15) is 5.82 Å². The maximum absolute atomic E-state index is 14.4. The topological polar surface area (TPSA) is 76.7 Å². The summed E-state index contributed by atoms with van der Waals surface area (Å²) in [4.78, 5) is 16.8. The van der Waals surface area contributed by atoms with Crippen LogP contribution in [0.25, 0.3) is 0 Å². The average molecular weight is 341 g/mol. The third kappa shape index (κ3) is 3.33. The molecule has 0 spiro atoms. The van der Waals surface area contributed by atoms with E-state index in [1.54, 1.807) is 30.3 Å². The van der Waals surface area contributed by atoms with Gasteiger partial charge in [-0.05, 0) is 37.3 Å². The van der Waals surface area contributed by atoms with Crippen LogP contribution in [0.2, 0.25) is 0 Å². The quantitative estimate of drug-likeness (QED) is 0.824. The van der Waals surface area contributed by atoms with Gasteiger partial charge in [-0.3, -0.25) is 10.1 Å². The van der Waals surface area contributed by atoms with E-state index in [2.05, 4.69) is 10.3 Å². The van der Waals surface area contributed by atoms with Crippen LogP contribution in [0.1, 0.15) is 29.8 Å². The number of carbonyl (C=O) groups excluding carboxylic acids is 1. The molecule has 0 radical (unpaired) electrons. The molecule has 0 saturated heterocycles. The summed E-state index contributed by atoms with van der Waals surface area (Å²) in [6.45, 7) is 4.04. The van der Waals surface area contributed by atoms with Gasteiger partial charge in [-0.15, -0.1) is 0 Å². The minimum absolute atomic E-state index is 0.0799. The molecule has 1 heterocycles. The zero-order valence-electron chi connectivity index (χ0n) is 14.1. The van der Waals surface area contributed by atoms with Crippen molar-refractivity contribution in [3.8, 4) is 0 Å². The van der Waals surface area contributed by atoms with Gasteiger partial charge in [0, 0.05) is 22.7 Å². The number of ether oxygens (including phenoxy) is 1. The summed E-state index contributed by atoms with van der Waals surface area (Å²) < 4.78 is 19.9. The van der Waals surface area contributed by atoms with Gasteiger partial charge in [-0.1, -0.05) is 25.1 Å². The first-order valence-corrected chi connectivity index (χ1v) is 8.04. The molecular weight excluding hydrogens is 321 g/mol. The van der Waals surface area contributed by atoms with Crippen molar-refractivity contribution in [1.29, 1.82) is 0 Å². The molecule has 1 unspecified atom stereocenters. The van der Waals surface area contributed by atoms with Crippen molar-refractivity contribution in [2.75, 3.05) is 12.3 Å². The molecule has 0 aliphatic carbocycles. The standard InChI is InChI=1S/C19H20FN3O2/c1-12-11-25-18(22-17(24)13-6-4-3-5-7-13)23-19(12,2)15-10-14(21)8-9-16(15)20/h3-10,12H,11,21H2,1-2H3,(H,22,23,24)/t12?,19-/m1/s1. The molecular formula is C19H20FN3O2. The van der Waals surface area contributed by atoms with E-state index in [0.717, 1.165) is 0 Å². The van der Waals surface area contributed by atoms with E-state index in [1.807, 2.05) is 19.9 Å². The number of nitrogens with two attached hydrogens (primary N) is 1. The molecule has 130 valence electrons. The molecule has 6 heteroatoms. The Morgan fingerprint density at radius 2 is 2.04 bits per heavy atom. The Morgan fingerprint density at radius 3 is 2.76 bits per heavy atom. The summed E-state index contributed by atoms with van der Waals surface area (Å²) >= 11 is 0. The molecule has 1 aliphatic heterocycles. The first kappa shape index (κ1) is 17.0. The zero-order valence-corrected chi connectivity index (χ0v) is 14.1. The lowest BCUT2D eigenvalue weighted by molar-refractivity contribution is 0.0940. The van der Waals surface area contributed by atoms with Gasteiger partial charge >= 0.3 is 0 Å². The Kier molecular flexibility index (Phi) is 4.44. The average Bonchev–Trinajstić information content (AvgIpc) is 2.61. The Hall–Kier alpha value is -2.89. The maximum Gasteiger partial charge on any atom is 0.292 e. The maximum atomic E-state index is 14.4. The monoisotopic (exact) mass is 341 g/mol. The van der Waals surface area contributed by atoms with Gasteiger partial charge in [0.15, 0.2) is 0 Å². The molecule has 2 aromatic rings. The summed E-state index contributed by atoms with van der Waals surface area (Å²) in [5.41, 5.74) is 6.26. The highest BCUT2D eigenvalue weighted by molar-refractivity contribution is 6.04. The molecule has 1 aliphatic rings. The number of anilines is 1. The van der Waals surface area contributed by atoms with Crippen molar-refractivity contribution in [2.24, 2.45) is 10.9 Å². The number of nitrogen functional groups attached to an aromatic ring is 1. The Balaban J connectivity index is 1.93. The van der Waals surface area contributed by atoms with Gasteiger partial charge in [-0.2, -0.15) is 0 Å². The Bertz CT molecular complexity index is 823. The number of nitrogens with zero attached hydrogens (tertiary/aromatic N) is 1. The van der Waals surface area contributed by atoms with Gasteiger partial charge in [-0.25, -0.2) is 9.38 Å².